The quantitative estimate of drug-likeness (QED) is 0.826. The van der Waals surface area contributed by atoms with Crippen LogP contribution >= 0.6 is 11.3 Å². The topological polar surface area (TPSA) is 66.6 Å². The predicted octanol–water partition coefficient (Wildman–Crippen LogP) is 0.977. The first-order valence-electron chi connectivity index (χ1n) is 5.85. The SMILES string of the molecule is CC1CN(C(=O)C(N)c2cccs2)CCC1O. The summed E-state index contributed by atoms with van der Waals surface area (Å²) in [6.45, 7) is 3.16. The molecule has 3 unspecified atom stereocenters. The Balaban J connectivity index is 2.01. The Labute approximate surface area is 105 Å². The van der Waals surface area contributed by atoms with E-state index in [9.17, 15) is 9.90 Å². The van der Waals surface area contributed by atoms with Gasteiger partial charge in [0.05, 0.1) is 6.10 Å². The summed E-state index contributed by atoms with van der Waals surface area (Å²) in [7, 11) is 0. The van der Waals surface area contributed by atoms with Gasteiger partial charge in [-0.05, 0) is 23.8 Å². The van der Waals surface area contributed by atoms with Crippen LogP contribution in [0.2, 0.25) is 0 Å². The van der Waals surface area contributed by atoms with Crippen LogP contribution in [0, 0.1) is 5.92 Å². The normalized spacial score (nSPS) is 26.9. The van der Waals surface area contributed by atoms with Crippen LogP contribution in [0.1, 0.15) is 24.3 Å². The molecular formula is C12H18N2O2S. The van der Waals surface area contributed by atoms with E-state index >= 15 is 0 Å². The van der Waals surface area contributed by atoms with Crippen molar-refractivity contribution < 1.29 is 9.90 Å². The predicted molar refractivity (Wildman–Crippen MR) is 67.6 cm³/mol. The molecule has 1 amide bonds. The minimum absolute atomic E-state index is 0.0359. The summed E-state index contributed by atoms with van der Waals surface area (Å²) in [5, 5.41) is 11.6. The van der Waals surface area contributed by atoms with Crippen LogP contribution in [0.5, 0.6) is 0 Å². The van der Waals surface area contributed by atoms with Crippen molar-refractivity contribution in [1.82, 2.24) is 4.90 Å². The smallest absolute Gasteiger partial charge is 0.244 e. The van der Waals surface area contributed by atoms with E-state index < -0.39 is 6.04 Å². The molecule has 1 saturated heterocycles. The Kier molecular flexibility index (Phi) is 3.81. The standard InChI is InChI=1S/C12H18N2O2S/c1-8-7-14(5-4-9(8)15)12(16)11(13)10-3-2-6-17-10/h2-3,6,8-9,11,15H,4-5,7,13H2,1H3. The first-order valence-corrected chi connectivity index (χ1v) is 6.73. The summed E-state index contributed by atoms with van der Waals surface area (Å²) in [5.41, 5.74) is 5.95. The fourth-order valence-corrected chi connectivity index (χ4v) is 2.84. The Bertz CT molecular complexity index is 380. The summed E-state index contributed by atoms with van der Waals surface area (Å²) >= 11 is 1.50. The maximum atomic E-state index is 12.2. The number of thiophene rings is 1. The Morgan fingerprint density at radius 3 is 3.06 bits per heavy atom. The number of hydrogen-bond acceptors (Lipinski definition) is 4. The van der Waals surface area contributed by atoms with E-state index in [0.29, 0.717) is 19.5 Å². The number of rotatable bonds is 2. The maximum Gasteiger partial charge on any atom is 0.244 e. The van der Waals surface area contributed by atoms with Gasteiger partial charge in [-0.25, -0.2) is 0 Å². The summed E-state index contributed by atoms with van der Waals surface area (Å²) in [5.74, 6) is 0.0921. The van der Waals surface area contributed by atoms with Crippen molar-refractivity contribution >= 4 is 17.2 Å². The molecule has 1 aliphatic rings. The van der Waals surface area contributed by atoms with Gasteiger partial charge in [-0.15, -0.1) is 11.3 Å². The maximum absolute atomic E-state index is 12.2. The molecule has 94 valence electrons. The molecule has 0 aromatic carbocycles. The number of likely N-dealkylation sites (tertiary alicyclic amines) is 1. The van der Waals surface area contributed by atoms with Crippen molar-refractivity contribution in [1.29, 1.82) is 0 Å². The number of nitrogens with two attached hydrogens (primary N) is 1. The molecule has 0 spiro atoms. The number of carbonyl (C=O) groups is 1. The molecule has 3 N–H and O–H groups in total. The van der Waals surface area contributed by atoms with Gasteiger partial charge in [-0.3, -0.25) is 4.79 Å². The van der Waals surface area contributed by atoms with Crippen LogP contribution < -0.4 is 5.73 Å². The highest BCUT2D eigenvalue weighted by molar-refractivity contribution is 7.10. The van der Waals surface area contributed by atoms with E-state index in [1.165, 1.54) is 11.3 Å². The molecule has 0 radical (unpaired) electrons. The molecule has 17 heavy (non-hydrogen) atoms. The Morgan fingerprint density at radius 1 is 1.71 bits per heavy atom. The van der Waals surface area contributed by atoms with Crippen LogP contribution in [-0.4, -0.2) is 35.1 Å². The molecule has 4 nitrogen and oxygen atoms in total. The third kappa shape index (κ3) is 2.68. The number of carbonyl (C=O) groups excluding carboxylic acids is 1. The van der Waals surface area contributed by atoms with Crippen molar-refractivity contribution in [3.8, 4) is 0 Å². The zero-order chi connectivity index (χ0) is 12.4. The number of aliphatic hydroxyl groups excluding tert-OH is 1. The third-order valence-corrected chi connectivity index (χ3v) is 4.24. The lowest BCUT2D eigenvalue weighted by Gasteiger charge is -2.35. The van der Waals surface area contributed by atoms with Crippen molar-refractivity contribution in [3.63, 3.8) is 0 Å². The lowest BCUT2D eigenvalue weighted by Crippen LogP contribution is -2.47. The molecule has 1 fully saturated rings. The van der Waals surface area contributed by atoms with Crippen LogP contribution in [0.25, 0.3) is 0 Å². The van der Waals surface area contributed by atoms with E-state index in [4.69, 9.17) is 5.73 Å². The number of nitrogens with zero attached hydrogens (tertiary/aromatic N) is 1. The molecule has 1 aliphatic heterocycles. The average Bonchev–Trinajstić information content (AvgIpc) is 2.84. The van der Waals surface area contributed by atoms with Gasteiger partial charge < -0.3 is 15.7 Å². The fraction of sp³-hybridized carbons (Fsp3) is 0.583. The summed E-state index contributed by atoms with van der Waals surface area (Å²) < 4.78 is 0. The summed E-state index contributed by atoms with van der Waals surface area (Å²) in [6.07, 6.45) is 0.348. The number of aliphatic hydroxyl groups is 1. The van der Waals surface area contributed by atoms with Gasteiger partial charge in [0.25, 0.3) is 0 Å². The largest absolute Gasteiger partial charge is 0.393 e. The highest BCUT2D eigenvalue weighted by Crippen LogP contribution is 2.22. The molecule has 2 rings (SSSR count). The summed E-state index contributed by atoms with van der Waals surface area (Å²) in [4.78, 5) is 14.8. The second-order valence-corrected chi connectivity index (χ2v) is 5.59. The van der Waals surface area contributed by atoms with Crippen molar-refractivity contribution in [3.05, 3.63) is 22.4 Å². The molecule has 2 heterocycles. The lowest BCUT2D eigenvalue weighted by molar-refractivity contribution is -0.136. The van der Waals surface area contributed by atoms with E-state index in [-0.39, 0.29) is 17.9 Å². The number of hydrogen-bond donors (Lipinski definition) is 2. The monoisotopic (exact) mass is 254 g/mol. The Hall–Kier alpha value is -0.910. The molecule has 1 aromatic rings. The second-order valence-electron chi connectivity index (χ2n) is 4.61. The van der Waals surface area contributed by atoms with E-state index in [2.05, 4.69) is 0 Å². The number of amides is 1. The van der Waals surface area contributed by atoms with Crippen LogP contribution in [0.15, 0.2) is 17.5 Å². The fourth-order valence-electron chi connectivity index (χ4n) is 2.12. The van der Waals surface area contributed by atoms with Gasteiger partial charge in [0.1, 0.15) is 6.04 Å². The average molecular weight is 254 g/mol. The third-order valence-electron chi connectivity index (χ3n) is 3.29. The van der Waals surface area contributed by atoms with Crippen molar-refractivity contribution in [2.45, 2.75) is 25.5 Å². The number of piperidine rings is 1. The van der Waals surface area contributed by atoms with Gasteiger partial charge in [-0.1, -0.05) is 13.0 Å². The van der Waals surface area contributed by atoms with E-state index in [0.717, 1.165) is 4.88 Å². The van der Waals surface area contributed by atoms with E-state index in [1.54, 1.807) is 4.90 Å². The highest BCUT2D eigenvalue weighted by Gasteiger charge is 2.30. The molecule has 1 aromatic heterocycles. The van der Waals surface area contributed by atoms with Gasteiger partial charge in [0.2, 0.25) is 5.91 Å². The van der Waals surface area contributed by atoms with Gasteiger partial charge >= 0.3 is 0 Å². The Morgan fingerprint density at radius 2 is 2.47 bits per heavy atom. The minimum atomic E-state index is -0.558. The second kappa shape index (κ2) is 5.16. The first-order chi connectivity index (χ1) is 8.09. The van der Waals surface area contributed by atoms with Gasteiger partial charge in [-0.2, -0.15) is 0 Å². The lowest BCUT2D eigenvalue weighted by atomic mass is 9.96. The molecular weight excluding hydrogens is 236 g/mol. The summed E-state index contributed by atoms with van der Waals surface area (Å²) in [6, 6.07) is 3.22. The molecule has 0 aliphatic carbocycles. The molecule has 0 bridgehead atoms. The van der Waals surface area contributed by atoms with Crippen LogP contribution in [0.3, 0.4) is 0 Å². The minimum Gasteiger partial charge on any atom is -0.393 e. The molecule has 5 heteroatoms. The van der Waals surface area contributed by atoms with Gasteiger partial charge in [0, 0.05) is 18.0 Å². The van der Waals surface area contributed by atoms with Crippen molar-refractivity contribution in [2.75, 3.05) is 13.1 Å². The molecule has 3 atom stereocenters. The zero-order valence-corrected chi connectivity index (χ0v) is 10.7. The van der Waals surface area contributed by atoms with Crippen molar-refractivity contribution in [2.24, 2.45) is 11.7 Å². The first kappa shape index (κ1) is 12.5. The molecule has 0 saturated carbocycles. The van der Waals surface area contributed by atoms with Gasteiger partial charge in [0.15, 0.2) is 0 Å². The highest BCUT2D eigenvalue weighted by atomic mass is 32.1. The zero-order valence-electron chi connectivity index (χ0n) is 9.87. The van der Waals surface area contributed by atoms with Crippen LogP contribution in [0.4, 0.5) is 0 Å². The van der Waals surface area contributed by atoms with E-state index in [1.807, 2.05) is 24.4 Å². The van der Waals surface area contributed by atoms with Crippen LogP contribution in [-0.2, 0) is 4.79 Å².